The number of piperidine rings is 1. The number of likely N-dealkylation sites (tertiary alicyclic amines) is 1. The molecule has 174 valence electrons. The molecule has 1 fully saturated rings. The lowest BCUT2D eigenvalue weighted by Crippen LogP contribution is -2.58. The Morgan fingerprint density at radius 2 is 1.52 bits per heavy atom. The first-order valence-corrected chi connectivity index (χ1v) is 11.6. The van der Waals surface area contributed by atoms with Crippen LogP contribution in [-0.2, 0) is 36.8 Å². The van der Waals surface area contributed by atoms with Gasteiger partial charge in [-0.1, -0.05) is 61.9 Å². The Morgan fingerprint density at radius 1 is 0.939 bits per heavy atom. The number of carbonyl (C=O) groups excluding carboxylic acids is 2. The van der Waals surface area contributed by atoms with Crippen molar-refractivity contribution in [1.82, 2.24) is 4.90 Å². The minimum Gasteiger partial charge on any atom is -0.405 e. The zero-order valence-electron chi connectivity index (χ0n) is 19.3. The van der Waals surface area contributed by atoms with Gasteiger partial charge in [0, 0.05) is 18.7 Å². The van der Waals surface area contributed by atoms with E-state index in [1.807, 2.05) is 0 Å². The van der Waals surface area contributed by atoms with Crippen molar-refractivity contribution < 1.29 is 23.8 Å². The number of aryl methyl sites for hydroxylation is 1. The second-order valence-corrected chi connectivity index (χ2v) is 8.73. The lowest BCUT2D eigenvalue weighted by molar-refractivity contribution is -0.300. The maximum atomic E-state index is 11.9. The van der Waals surface area contributed by atoms with Crippen molar-refractivity contribution in [2.45, 2.75) is 57.6 Å². The molecule has 1 unspecified atom stereocenters. The van der Waals surface area contributed by atoms with Gasteiger partial charge in [-0.05, 0) is 48.6 Å². The quantitative estimate of drug-likeness (QED) is 0.575. The zero-order chi connectivity index (χ0) is 23.3. The summed E-state index contributed by atoms with van der Waals surface area (Å²) in [5, 5.41) is 0. The molecule has 2 aromatic carbocycles. The highest BCUT2D eigenvalue weighted by Crippen LogP contribution is 2.33. The molecule has 4 rings (SSSR count). The molecule has 0 aliphatic carbocycles. The molecular formula is C27H31NO5. The maximum Gasteiger partial charge on any atom is 0.335 e. The number of esters is 2. The molecular weight excluding hydrogens is 418 g/mol. The van der Waals surface area contributed by atoms with E-state index in [4.69, 9.17) is 14.2 Å². The number of ether oxygens (including phenoxy) is 3. The van der Waals surface area contributed by atoms with E-state index in [0.717, 1.165) is 30.6 Å². The van der Waals surface area contributed by atoms with Gasteiger partial charge < -0.3 is 14.2 Å². The molecule has 2 aromatic rings. The summed E-state index contributed by atoms with van der Waals surface area (Å²) in [6.45, 7) is 3.22. The second-order valence-electron chi connectivity index (χ2n) is 8.73. The molecule has 0 amide bonds. The van der Waals surface area contributed by atoms with E-state index in [-0.39, 0.29) is 12.5 Å². The SMILES string of the molecule is CCCCc1ccc(-c2ccc(COC3CCN(C)C4(C3)OC(=O)C=CC(=O)O4)cc2)cc1. The molecule has 0 bridgehead atoms. The Kier molecular flexibility index (Phi) is 7.26. The summed E-state index contributed by atoms with van der Waals surface area (Å²) in [4.78, 5) is 25.6. The number of carbonyl (C=O) groups is 2. The van der Waals surface area contributed by atoms with E-state index >= 15 is 0 Å². The number of benzene rings is 2. The summed E-state index contributed by atoms with van der Waals surface area (Å²) >= 11 is 0. The number of hydrogen-bond donors (Lipinski definition) is 0. The van der Waals surface area contributed by atoms with E-state index in [9.17, 15) is 9.59 Å². The highest BCUT2D eigenvalue weighted by molar-refractivity contribution is 5.93. The topological polar surface area (TPSA) is 65.1 Å². The standard InChI is InChI=1S/C27H31NO5/c1-3-4-5-20-6-10-22(11-7-20)23-12-8-21(9-13-23)19-31-24-16-17-28(2)27(18-24)32-25(29)14-15-26(30)33-27/h6-15,24H,3-5,16-19H2,1-2H3. The van der Waals surface area contributed by atoms with Gasteiger partial charge in [0.1, 0.15) is 0 Å². The van der Waals surface area contributed by atoms with Crippen molar-refractivity contribution in [3.8, 4) is 11.1 Å². The normalized spacial score (nSPS) is 20.4. The van der Waals surface area contributed by atoms with E-state index in [2.05, 4.69) is 55.5 Å². The van der Waals surface area contributed by atoms with Gasteiger partial charge in [-0.2, -0.15) is 0 Å². The first-order valence-electron chi connectivity index (χ1n) is 11.6. The smallest absolute Gasteiger partial charge is 0.335 e. The Hall–Kier alpha value is -2.96. The van der Waals surface area contributed by atoms with Gasteiger partial charge in [0.15, 0.2) is 0 Å². The molecule has 33 heavy (non-hydrogen) atoms. The first-order chi connectivity index (χ1) is 16.0. The van der Waals surface area contributed by atoms with Crippen LogP contribution < -0.4 is 0 Å². The number of unbranched alkanes of at least 4 members (excludes halogenated alkanes) is 1. The van der Waals surface area contributed by atoms with Crippen LogP contribution in [0.3, 0.4) is 0 Å². The molecule has 0 radical (unpaired) electrons. The van der Waals surface area contributed by atoms with Crippen molar-refractivity contribution in [3.63, 3.8) is 0 Å². The van der Waals surface area contributed by atoms with Crippen molar-refractivity contribution >= 4 is 11.9 Å². The first kappa shape index (κ1) is 23.2. The second kappa shape index (κ2) is 10.3. The highest BCUT2D eigenvalue weighted by atomic mass is 16.8. The number of rotatable bonds is 7. The summed E-state index contributed by atoms with van der Waals surface area (Å²) in [5.41, 5.74) is 4.81. The van der Waals surface area contributed by atoms with E-state index in [1.54, 1.807) is 11.9 Å². The minimum absolute atomic E-state index is 0.199. The third-order valence-electron chi connectivity index (χ3n) is 6.28. The van der Waals surface area contributed by atoms with Crippen LogP contribution in [0.4, 0.5) is 0 Å². The van der Waals surface area contributed by atoms with Crippen LogP contribution in [0.2, 0.25) is 0 Å². The van der Waals surface area contributed by atoms with Crippen LogP contribution in [0.1, 0.15) is 43.7 Å². The van der Waals surface area contributed by atoms with Gasteiger partial charge in [0.2, 0.25) is 0 Å². The Bertz CT molecular complexity index is 976. The van der Waals surface area contributed by atoms with Gasteiger partial charge in [-0.25, -0.2) is 14.5 Å². The molecule has 0 N–H and O–H groups in total. The molecule has 0 saturated carbocycles. The van der Waals surface area contributed by atoms with Crippen LogP contribution >= 0.6 is 0 Å². The summed E-state index contributed by atoms with van der Waals surface area (Å²) in [6.07, 6.45) is 6.56. The fraction of sp³-hybridized carbons (Fsp3) is 0.407. The van der Waals surface area contributed by atoms with Gasteiger partial charge in [-0.15, -0.1) is 0 Å². The van der Waals surface area contributed by atoms with Gasteiger partial charge >= 0.3 is 17.8 Å². The fourth-order valence-corrected chi connectivity index (χ4v) is 4.23. The van der Waals surface area contributed by atoms with E-state index in [1.165, 1.54) is 29.5 Å². The Morgan fingerprint density at radius 3 is 2.09 bits per heavy atom. The number of hydrogen-bond acceptors (Lipinski definition) is 6. The largest absolute Gasteiger partial charge is 0.405 e. The zero-order valence-corrected chi connectivity index (χ0v) is 19.3. The molecule has 0 aromatic heterocycles. The molecule has 6 nitrogen and oxygen atoms in total. The van der Waals surface area contributed by atoms with Crippen LogP contribution in [0.5, 0.6) is 0 Å². The maximum absolute atomic E-state index is 11.9. The Labute approximate surface area is 195 Å². The monoisotopic (exact) mass is 449 g/mol. The average molecular weight is 450 g/mol. The number of nitrogens with zero attached hydrogens (tertiary/aromatic N) is 1. The van der Waals surface area contributed by atoms with Crippen molar-refractivity contribution in [3.05, 3.63) is 71.8 Å². The molecule has 1 atom stereocenters. The van der Waals surface area contributed by atoms with Crippen molar-refractivity contribution in [2.24, 2.45) is 0 Å². The predicted octanol–water partition coefficient (Wildman–Crippen LogP) is 4.62. The summed E-state index contributed by atoms with van der Waals surface area (Å²) in [5.74, 6) is -2.61. The summed E-state index contributed by atoms with van der Waals surface area (Å²) in [6, 6.07) is 17.1. The van der Waals surface area contributed by atoms with Crippen LogP contribution in [0.25, 0.3) is 11.1 Å². The van der Waals surface area contributed by atoms with E-state index in [0.29, 0.717) is 13.2 Å². The van der Waals surface area contributed by atoms with Gasteiger partial charge in [-0.3, -0.25) is 0 Å². The summed E-state index contributed by atoms with van der Waals surface area (Å²) in [7, 11) is 1.77. The Balaban J connectivity index is 1.35. The van der Waals surface area contributed by atoms with E-state index < -0.39 is 17.8 Å². The third kappa shape index (κ3) is 5.70. The lowest BCUT2D eigenvalue weighted by Gasteiger charge is -2.44. The fourth-order valence-electron chi connectivity index (χ4n) is 4.23. The van der Waals surface area contributed by atoms with Gasteiger partial charge in [0.05, 0.1) is 19.1 Å². The van der Waals surface area contributed by atoms with Crippen molar-refractivity contribution in [1.29, 1.82) is 0 Å². The lowest BCUT2D eigenvalue weighted by atomic mass is 10.0. The molecule has 2 heterocycles. The average Bonchev–Trinajstić information content (AvgIpc) is 2.97. The molecule has 2 aliphatic rings. The predicted molar refractivity (Wildman–Crippen MR) is 125 cm³/mol. The minimum atomic E-state index is -1.42. The van der Waals surface area contributed by atoms with Crippen molar-refractivity contribution in [2.75, 3.05) is 13.6 Å². The van der Waals surface area contributed by atoms with Crippen LogP contribution in [0, 0.1) is 0 Å². The third-order valence-corrected chi connectivity index (χ3v) is 6.28. The summed E-state index contributed by atoms with van der Waals surface area (Å²) < 4.78 is 17.1. The molecule has 6 heteroatoms. The van der Waals surface area contributed by atoms with Crippen LogP contribution in [-0.4, -0.2) is 42.4 Å². The van der Waals surface area contributed by atoms with Crippen LogP contribution in [0.15, 0.2) is 60.7 Å². The molecule has 1 saturated heterocycles. The highest BCUT2D eigenvalue weighted by Gasteiger charge is 2.48. The molecule has 1 spiro atoms. The molecule has 2 aliphatic heterocycles. The van der Waals surface area contributed by atoms with Gasteiger partial charge in [0.25, 0.3) is 0 Å².